The molecule has 0 N–H and O–H groups in total. The maximum atomic E-state index is 5.32. The summed E-state index contributed by atoms with van der Waals surface area (Å²) in [6.07, 6.45) is 1.97. The van der Waals surface area contributed by atoms with Gasteiger partial charge in [-0.3, -0.25) is 0 Å². The molecule has 4 nitrogen and oxygen atoms in total. The van der Waals surface area contributed by atoms with E-state index in [2.05, 4.69) is 22.1 Å². The Bertz CT molecular complexity index is 427. The topological polar surface area (TPSA) is 29.8 Å². The molecule has 1 saturated heterocycles. The number of nitrogens with zero attached hydrogens (tertiary/aromatic N) is 3. The quantitative estimate of drug-likeness (QED) is 0.697. The van der Waals surface area contributed by atoms with E-state index in [4.69, 9.17) is 4.74 Å². The van der Waals surface area contributed by atoms with Gasteiger partial charge in [0.15, 0.2) is 5.82 Å². The van der Waals surface area contributed by atoms with Crippen LogP contribution in [0.5, 0.6) is 0 Å². The van der Waals surface area contributed by atoms with Crippen molar-refractivity contribution < 1.29 is 4.74 Å². The van der Waals surface area contributed by atoms with Crippen LogP contribution in [0, 0.1) is 0 Å². The van der Waals surface area contributed by atoms with Gasteiger partial charge in [-0.2, -0.15) is 5.10 Å². The fraction of sp³-hybridized carbons (Fsp3) is 0.364. The lowest BCUT2D eigenvalue weighted by Gasteiger charge is -2.26. The van der Waals surface area contributed by atoms with Crippen LogP contribution < -0.4 is 4.90 Å². The second kappa shape index (κ2) is 3.55. The Hall–Kier alpha value is -1.55. The number of fused-ring (bicyclic) bond motifs is 1. The van der Waals surface area contributed by atoms with E-state index in [1.807, 2.05) is 22.8 Å². The summed E-state index contributed by atoms with van der Waals surface area (Å²) in [5.41, 5.74) is 1.14. The van der Waals surface area contributed by atoms with Crippen molar-refractivity contribution in [2.45, 2.75) is 0 Å². The van der Waals surface area contributed by atoms with E-state index < -0.39 is 0 Å². The molecule has 0 aliphatic carbocycles. The number of pyridine rings is 1. The van der Waals surface area contributed by atoms with E-state index in [9.17, 15) is 0 Å². The number of ether oxygens (including phenoxy) is 1. The Morgan fingerprint density at radius 3 is 2.87 bits per heavy atom. The first-order valence-corrected chi connectivity index (χ1v) is 5.20. The molecule has 3 heterocycles. The van der Waals surface area contributed by atoms with Crippen molar-refractivity contribution in [3.63, 3.8) is 0 Å². The maximum absolute atomic E-state index is 5.32. The lowest BCUT2D eigenvalue weighted by atomic mass is 10.4. The summed E-state index contributed by atoms with van der Waals surface area (Å²) >= 11 is 0. The van der Waals surface area contributed by atoms with Crippen LogP contribution in [-0.4, -0.2) is 35.9 Å². The average molecular weight is 203 g/mol. The van der Waals surface area contributed by atoms with Gasteiger partial charge in [0.25, 0.3) is 0 Å². The Balaban J connectivity index is 1.96. The molecule has 0 saturated carbocycles. The predicted molar refractivity (Wildman–Crippen MR) is 58.2 cm³/mol. The number of hydrogen-bond donors (Lipinski definition) is 0. The molecule has 1 aliphatic heterocycles. The standard InChI is InChI=1S/C11H13N3O/c1-2-4-14-10(3-1)9-11(12-14)13-5-7-15-8-6-13/h1-4,9H,5-8H2. The Morgan fingerprint density at radius 1 is 1.20 bits per heavy atom. The van der Waals surface area contributed by atoms with Gasteiger partial charge in [0.05, 0.1) is 18.7 Å². The third-order valence-corrected chi connectivity index (χ3v) is 2.69. The second-order valence-corrected chi connectivity index (χ2v) is 3.67. The second-order valence-electron chi connectivity index (χ2n) is 3.67. The lowest BCUT2D eigenvalue weighted by molar-refractivity contribution is 0.122. The van der Waals surface area contributed by atoms with Gasteiger partial charge in [-0.05, 0) is 12.1 Å². The third kappa shape index (κ3) is 1.57. The average Bonchev–Trinajstić information content (AvgIpc) is 2.74. The summed E-state index contributed by atoms with van der Waals surface area (Å²) in [5.74, 6) is 1.05. The number of morpholine rings is 1. The minimum absolute atomic E-state index is 0.799. The zero-order valence-corrected chi connectivity index (χ0v) is 8.47. The van der Waals surface area contributed by atoms with Crippen LogP contribution in [0.15, 0.2) is 30.5 Å². The molecule has 0 unspecified atom stereocenters. The van der Waals surface area contributed by atoms with Crippen molar-refractivity contribution in [2.24, 2.45) is 0 Å². The van der Waals surface area contributed by atoms with Crippen LogP contribution in [0.25, 0.3) is 5.52 Å². The minimum Gasteiger partial charge on any atom is -0.378 e. The normalized spacial score (nSPS) is 17.2. The highest BCUT2D eigenvalue weighted by Gasteiger charge is 2.13. The highest BCUT2D eigenvalue weighted by Crippen LogP contribution is 2.16. The van der Waals surface area contributed by atoms with E-state index in [0.29, 0.717) is 0 Å². The SMILES string of the molecule is c1ccn2nc(N3CCOCC3)cc2c1. The summed E-state index contributed by atoms with van der Waals surface area (Å²) in [6, 6.07) is 8.20. The molecule has 0 spiro atoms. The summed E-state index contributed by atoms with van der Waals surface area (Å²) in [5, 5.41) is 4.52. The fourth-order valence-electron chi connectivity index (χ4n) is 1.87. The highest BCUT2D eigenvalue weighted by molar-refractivity contribution is 5.56. The minimum atomic E-state index is 0.799. The molecule has 4 heteroatoms. The van der Waals surface area contributed by atoms with Crippen molar-refractivity contribution >= 4 is 11.3 Å². The van der Waals surface area contributed by atoms with Gasteiger partial charge in [0.2, 0.25) is 0 Å². The van der Waals surface area contributed by atoms with E-state index in [1.165, 1.54) is 0 Å². The smallest absolute Gasteiger partial charge is 0.151 e. The summed E-state index contributed by atoms with van der Waals surface area (Å²) in [4.78, 5) is 2.26. The number of anilines is 1. The van der Waals surface area contributed by atoms with Crippen molar-refractivity contribution in [3.05, 3.63) is 30.5 Å². The van der Waals surface area contributed by atoms with Crippen molar-refractivity contribution in [3.8, 4) is 0 Å². The molecule has 1 aliphatic rings. The zero-order valence-electron chi connectivity index (χ0n) is 8.47. The lowest BCUT2D eigenvalue weighted by Crippen LogP contribution is -2.36. The van der Waals surface area contributed by atoms with Crippen LogP contribution in [0.1, 0.15) is 0 Å². The summed E-state index contributed by atoms with van der Waals surface area (Å²) < 4.78 is 7.23. The molecule has 15 heavy (non-hydrogen) atoms. The molecular weight excluding hydrogens is 190 g/mol. The van der Waals surface area contributed by atoms with E-state index in [0.717, 1.165) is 37.6 Å². The van der Waals surface area contributed by atoms with Gasteiger partial charge < -0.3 is 9.64 Å². The molecule has 2 aromatic rings. The van der Waals surface area contributed by atoms with Gasteiger partial charge in [0, 0.05) is 25.4 Å². The number of hydrogen-bond acceptors (Lipinski definition) is 3. The molecule has 0 amide bonds. The molecule has 0 aromatic carbocycles. The monoisotopic (exact) mass is 203 g/mol. The van der Waals surface area contributed by atoms with Crippen molar-refractivity contribution in [1.82, 2.24) is 9.61 Å². The molecule has 78 valence electrons. The first kappa shape index (κ1) is 8.73. The molecule has 1 fully saturated rings. The number of rotatable bonds is 1. The molecular formula is C11H13N3O. The van der Waals surface area contributed by atoms with Crippen LogP contribution in [0.2, 0.25) is 0 Å². The van der Waals surface area contributed by atoms with Crippen LogP contribution in [-0.2, 0) is 4.74 Å². The van der Waals surface area contributed by atoms with E-state index >= 15 is 0 Å². The van der Waals surface area contributed by atoms with Gasteiger partial charge in [-0.25, -0.2) is 4.52 Å². The first-order valence-electron chi connectivity index (χ1n) is 5.20. The molecule has 0 atom stereocenters. The third-order valence-electron chi connectivity index (χ3n) is 2.69. The Labute approximate surface area is 88.1 Å². The van der Waals surface area contributed by atoms with Gasteiger partial charge in [-0.1, -0.05) is 6.07 Å². The van der Waals surface area contributed by atoms with Gasteiger partial charge in [-0.15, -0.1) is 0 Å². The van der Waals surface area contributed by atoms with Gasteiger partial charge >= 0.3 is 0 Å². The number of aromatic nitrogens is 2. The zero-order chi connectivity index (χ0) is 10.1. The van der Waals surface area contributed by atoms with E-state index in [1.54, 1.807) is 0 Å². The maximum Gasteiger partial charge on any atom is 0.151 e. The largest absolute Gasteiger partial charge is 0.378 e. The van der Waals surface area contributed by atoms with Crippen LogP contribution in [0.4, 0.5) is 5.82 Å². The molecule has 3 rings (SSSR count). The Morgan fingerprint density at radius 2 is 2.07 bits per heavy atom. The molecule has 2 aromatic heterocycles. The highest BCUT2D eigenvalue weighted by atomic mass is 16.5. The summed E-state index contributed by atoms with van der Waals surface area (Å²) in [6.45, 7) is 3.47. The van der Waals surface area contributed by atoms with Crippen LogP contribution in [0.3, 0.4) is 0 Å². The molecule has 0 radical (unpaired) electrons. The van der Waals surface area contributed by atoms with Crippen LogP contribution >= 0.6 is 0 Å². The fourth-order valence-corrected chi connectivity index (χ4v) is 1.87. The summed E-state index contributed by atoms with van der Waals surface area (Å²) in [7, 11) is 0. The van der Waals surface area contributed by atoms with Crippen molar-refractivity contribution in [2.75, 3.05) is 31.2 Å². The Kier molecular flexibility index (Phi) is 2.07. The molecule has 0 bridgehead atoms. The van der Waals surface area contributed by atoms with Crippen molar-refractivity contribution in [1.29, 1.82) is 0 Å². The van der Waals surface area contributed by atoms with E-state index in [-0.39, 0.29) is 0 Å². The first-order chi connectivity index (χ1) is 7.43. The van der Waals surface area contributed by atoms with Gasteiger partial charge in [0.1, 0.15) is 0 Å². The predicted octanol–water partition coefficient (Wildman–Crippen LogP) is 1.17.